The van der Waals surface area contributed by atoms with Crippen LogP contribution < -0.4 is 9.80 Å². The maximum atomic E-state index is 12.5. The van der Waals surface area contributed by atoms with Gasteiger partial charge in [-0.3, -0.25) is 4.79 Å². The highest BCUT2D eigenvalue weighted by atomic mass is 32.2. The second-order valence-corrected chi connectivity index (χ2v) is 9.16. The SMILES string of the molecule is CCCCS(=O)(=O)N(C)CC(=O)N1CCN(c2cc(N(C)C)cnn2)CC1. The van der Waals surface area contributed by atoms with Crippen LogP contribution in [0.1, 0.15) is 19.8 Å². The maximum Gasteiger partial charge on any atom is 0.238 e. The van der Waals surface area contributed by atoms with Gasteiger partial charge in [-0.2, -0.15) is 9.40 Å². The van der Waals surface area contributed by atoms with Gasteiger partial charge in [-0.05, 0) is 6.42 Å². The lowest BCUT2D eigenvalue weighted by Gasteiger charge is -2.36. The topological polar surface area (TPSA) is 90.0 Å². The first kappa shape index (κ1) is 21.4. The molecular formula is C17H30N6O3S. The van der Waals surface area contributed by atoms with E-state index < -0.39 is 10.0 Å². The largest absolute Gasteiger partial charge is 0.376 e. The summed E-state index contributed by atoms with van der Waals surface area (Å²) in [4.78, 5) is 18.2. The van der Waals surface area contributed by atoms with Crippen molar-refractivity contribution in [3.8, 4) is 0 Å². The van der Waals surface area contributed by atoms with E-state index in [4.69, 9.17) is 0 Å². The highest BCUT2D eigenvalue weighted by Gasteiger charge is 2.26. The number of hydrogen-bond acceptors (Lipinski definition) is 7. The number of rotatable bonds is 8. The predicted molar refractivity (Wildman–Crippen MR) is 106 cm³/mol. The van der Waals surface area contributed by atoms with Gasteiger partial charge in [-0.15, -0.1) is 5.10 Å². The Balaban J connectivity index is 1.89. The van der Waals surface area contributed by atoms with Gasteiger partial charge in [0.05, 0.1) is 24.2 Å². The molecule has 1 aliphatic heterocycles. The van der Waals surface area contributed by atoms with E-state index in [1.54, 1.807) is 11.1 Å². The molecule has 0 saturated carbocycles. The lowest BCUT2D eigenvalue weighted by atomic mass is 10.3. The first-order valence-corrected chi connectivity index (χ1v) is 10.8. The molecule has 2 heterocycles. The van der Waals surface area contributed by atoms with Gasteiger partial charge in [0.2, 0.25) is 15.9 Å². The minimum Gasteiger partial charge on any atom is -0.376 e. The van der Waals surface area contributed by atoms with Crippen LogP contribution in [0.2, 0.25) is 0 Å². The van der Waals surface area contributed by atoms with E-state index in [0.29, 0.717) is 32.6 Å². The van der Waals surface area contributed by atoms with Gasteiger partial charge >= 0.3 is 0 Å². The van der Waals surface area contributed by atoms with Gasteiger partial charge in [-0.1, -0.05) is 13.3 Å². The third kappa shape index (κ3) is 5.77. The molecule has 0 aliphatic carbocycles. The molecule has 1 aromatic rings. The molecule has 0 atom stereocenters. The Hall–Kier alpha value is -1.94. The minimum atomic E-state index is -3.37. The summed E-state index contributed by atoms with van der Waals surface area (Å²) in [5, 5.41) is 8.22. The molecule has 0 bridgehead atoms. The van der Waals surface area contributed by atoms with Crippen LogP contribution in [0.25, 0.3) is 0 Å². The monoisotopic (exact) mass is 398 g/mol. The lowest BCUT2D eigenvalue weighted by molar-refractivity contribution is -0.131. The summed E-state index contributed by atoms with van der Waals surface area (Å²) in [5.41, 5.74) is 0.970. The van der Waals surface area contributed by atoms with Crippen LogP contribution in [0.15, 0.2) is 12.3 Å². The van der Waals surface area contributed by atoms with Crippen LogP contribution >= 0.6 is 0 Å². The number of hydrogen-bond donors (Lipinski definition) is 0. The molecule has 9 nitrogen and oxygen atoms in total. The number of anilines is 2. The van der Waals surface area contributed by atoms with Crippen LogP contribution in [0.5, 0.6) is 0 Å². The Kier molecular flexibility index (Phi) is 7.37. The van der Waals surface area contributed by atoms with Crippen molar-refractivity contribution in [1.29, 1.82) is 0 Å². The Bertz CT molecular complexity index is 732. The molecule has 0 N–H and O–H groups in total. The normalized spacial score (nSPS) is 15.3. The highest BCUT2D eigenvalue weighted by Crippen LogP contribution is 2.18. The van der Waals surface area contributed by atoms with E-state index in [-0.39, 0.29) is 18.2 Å². The number of sulfonamides is 1. The van der Waals surface area contributed by atoms with Crippen molar-refractivity contribution in [2.24, 2.45) is 0 Å². The quantitative estimate of drug-likeness (QED) is 0.620. The van der Waals surface area contributed by atoms with Gasteiger partial charge in [0.1, 0.15) is 0 Å². The summed E-state index contributed by atoms with van der Waals surface area (Å²) in [5.74, 6) is 0.708. The zero-order valence-corrected chi connectivity index (χ0v) is 17.4. The first-order valence-electron chi connectivity index (χ1n) is 9.21. The fraction of sp³-hybridized carbons (Fsp3) is 0.706. The van der Waals surface area contributed by atoms with Gasteiger partial charge < -0.3 is 14.7 Å². The second kappa shape index (κ2) is 9.32. The molecular weight excluding hydrogens is 368 g/mol. The van der Waals surface area contributed by atoms with Crippen molar-refractivity contribution >= 4 is 27.4 Å². The molecule has 2 rings (SSSR count). The van der Waals surface area contributed by atoms with E-state index in [2.05, 4.69) is 15.1 Å². The van der Waals surface area contributed by atoms with E-state index in [1.165, 1.54) is 11.4 Å². The number of unbranched alkanes of at least 4 members (excludes halogenated alkanes) is 1. The Morgan fingerprint density at radius 3 is 2.44 bits per heavy atom. The summed E-state index contributed by atoms with van der Waals surface area (Å²) in [6.07, 6.45) is 3.12. The summed E-state index contributed by atoms with van der Waals surface area (Å²) in [6, 6.07) is 1.97. The summed E-state index contributed by atoms with van der Waals surface area (Å²) in [7, 11) is 2.00. The molecule has 0 spiro atoms. The van der Waals surface area contributed by atoms with Crippen molar-refractivity contribution in [1.82, 2.24) is 19.4 Å². The molecule has 0 aromatic carbocycles. The van der Waals surface area contributed by atoms with E-state index in [9.17, 15) is 13.2 Å². The van der Waals surface area contributed by atoms with Gasteiger partial charge in [0.25, 0.3) is 0 Å². The van der Waals surface area contributed by atoms with Gasteiger partial charge in [0, 0.05) is 53.4 Å². The number of aromatic nitrogens is 2. The summed E-state index contributed by atoms with van der Waals surface area (Å²) in [6.45, 7) is 4.19. The van der Waals surface area contributed by atoms with Crippen LogP contribution in [0, 0.1) is 0 Å². The molecule has 1 aromatic heterocycles. The van der Waals surface area contributed by atoms with Crippen LogP contribution in [0.3, 0.4) is 0 Å². The number of carbonyl (C=O) groups is 1. The fourth-order valence-corrected chi connectivity index (χ4v) is 4.07. The van der Waals surface area contributed by atoms with Crippen molar-refractivity contribution < 1.29 is 13.2 Å². The summed E-state index contributed by atoms with van der Waals surface area (Å²) < 4.78 is 25.5. The highest BCUT2D eigenvalue weighted by molar-refractivity contribution is 7.89. The number of amides is 1. The van der Waals surface area contributed by atoms with Gasteiger partial charge in [0.15, 0.2) is 5.82 Å². The predicted octanol–water partition coefficient (Wildman–Crippen LogP) is 0.253. The fourth-order valence-electron chi connectivity index (χ4n) is 2.80. The lowest BCUT2D eigenvalue weighted by Crippen LogP contribution is -2.51. The minimum absolute atomic E-state index is 0.0853. The zero-order chi connectivity index (χ0) is 20.0. The third-order valence-corrected chi connectivity index (χ3v) is 6.57. The number of carbonyl (C=O) groups excluding carboxylic acids is 1. The Morgan fingerprint density at radius 2 is 1.85 bits per heavy atom. The zero-order valence-electron chi connectivity index (χ0n) is 16.6. The second-order valence-electron chi connectivity index (χ2n) is 6.96. The van der Waals surface area contributed by atoms with Crippen molar-refractivity contribution in [2.75, 3.05) is 69.4 Å². The number of piperazine rings is 1. The van der Waals surface area contributed by atoms with Gasteiger partial charge in [-0.25, -0.2) is 8.42 Å². The van der Waals surface area contributed by atoms with E-state index >= 15 is 0 Å². The smallest absolute Gasteiger partial charge is 0.238 e. The number of likely N-dealkylation sites (N-methyl/N-ethyl adjacent to an activating group) is 1. The maximum absolute atomic E-state index is 12.5. The molecule has 152 valence electrons. The van der Waals surface area contributed by atoms with Crippen LogP contribution in [-0.4, -0.2) is 93.3 Å². The van der Waals surface area contributed by atoms with Crippen LogP contribution in [-0.2, 0) is 14.8 Å². The molecule has 1 aliphatic rings. The van der Waals surface area contributed by atoms with E-state index in [1.807, 2.05) is 32.0 Å². The average molecular weight is 399 g/mol. The molecule has 0 unspecified atom stereocenters. The molecule has 10 heteroatoms. The van der Waals surface area contributed by atoms with Crippen molar-refractivity contribution in [3.63, 3.8) is 0 Å². The molecule has 1 amide bonds. The van der Waals surface area contributed by atoms with Crippen LogP contribution in [0.4, 0.5) is 11.5 Å². The molecule has 27 heavy (non-hydrogen) atoms. The first-order chi connectivity index (χ1) is 12.7. The Morgan fingerprint density at radius 1 is 1.19 bits per heavy atom. The van der Waals surface area contributed by atoms with Crippen molar-refractivity contribution in [3.05, 3.63) is 12.3 Å². The van der Waals surface area contributed by atoms with E-state index in [0.717, 1.165) is 17.9 Å². The Labute approximate surface area is 162 Å². The summed E-state index contributed by atoms with van der Waals surface area (Å²) >= 11 is 0. The average Bonchev–Trinajstić information content (AvgIpc) is 2.66. The molecule has 0 radical (unpaired) electrons. The third-order valence-electron chi connectivity index (χ3n) is 4.69. The standard InChI is InChI=1S/C17H30N6O3S/c1-5-6-11-27(25,26)21(4)14-17(24)23-9-7-22(8-10-23)16-12-15(20(2)3)13-18-19-16/h12-13H,5-11,14H2,1-4H3. The number of nitrogens with zero attached hydrogens (tertiary/aromatic N) is 6. The molecule has 1 saturated heterocycles. The molecule has 1 fully saturated rings. The van der Waals surface area contributed by atoms with Crippen molar-refractivity contribution in [2.45, 2.75) is 19.8 Å².